The van der Waals surface area contributed by atoms with Crippen LogP contribution in [0.5, 0.6) is 0 Å². The molecule has 2 aromatic rings. The second-order valence-electron chi connectivity index (χ2n) is 6.73. The monoisotopic (exact) mass is 283 g/mol. The first-order chi connectivity index (χ1) is 10.2. The lowest BCUT2D eigenvalue weighted by molar-refractivity contribution is 0.320. The molecule has 2 aliphatic rings. The van der Waals surface area contributed by atoms with Gasteiger partial charge in [0.1, 0.15) is 0 Å². The van der Waals surface area contributed by atoms with E-state index in [9.17, 15) is 4.79 Å². The van der Waals surface area contributed by atoms with Gasteiger partial charge in [-0.25, -0.2) is 0 Å². The third-order valence-corrected chi connectivity index (χ3v) is 4.71. The summed E-state index contributed by atoms with van der Waals surface area (Å²) >= 11 is 0. The van der Waals surface area contributed by atoms with E-state index in [1.165, 1.54) is 12.0 Å². The van der Waals surface area contributed by atoms with Crippen LogP contribution in [0.15, 0.2) is 23.1 Å². The van der Waals surface area contributed by atoms with Gasteiger partial charge < -0.3 is 4.98 Å². The summed E-state index contributed by atoms with van der Waals surface area (Å²) < 4.78 is 0. The lowest BCUT2D eigenvalue weighted by Crippen LogP contribution is -2.20. The van der Waals surface area contributed by atoms with Gasteiger partial charge >= 0.3 is 0 Å². The molecule has 110 valence electrons. The lowest BCUT2D eigenvalue weighted by atomic mass is 10.1. The zero-order valence-corrected chi connectivity index (χ0v) is 12.4. The molecule has 1 N–H and O–H groups in total. The van der Waals surface area contributed by atoms with Gasteiger partial charge in [0.15, 0.2) is 0 Å². The Morgan fingerprint density at radius 1 is 1.33 bits per heavy atom. The Labute approximate surface area is 124 Å². The van der Waals surface area contributed by atoms with Crippen molar-refractivity contribution in [1.29, 1.82) is 0 Å². The Morgan fingerprint density at radius 2 is 2.19 bits per heavy atom. The molecule has 4 rings (SSSR count). The summed E-state index contributed by atoms with van der Waals surface area (Å²) in [5.74, 6) is 1.25. The number of likely N-dealkylation sites (tertiary alicyclic amines) is 1. The highest BCUT2D eigenvalue weighted by molar-refractivity contribution is 5.75. The second-order valence-corrected chi connectivity index (χ2v) is 6.73. The van der Waals surface area contributed by atoms with Crippen LogP contribution in [0.1, 0.15) is 43.2 Å². The predicted octanol–water partition coefficient (Wildman–Crippen LogP) is 2.64. The molecule has 0 unspecified atom stereocenters. The summed E-state index contributed by atoms with van der Waals surface area (Å²) in [5, 5.41) is 0. The minimum Gasteiger partial charge on any atom is -0.320 e. The number of nitrogens with one attached hydrogen (secondary N) is 1. The van der Waals surface area contributed by atoms with E-state index in [2.05, 4.69) is 27.9 Å². The van der Waals surface area contributed by atoms with E-state index in [0.717, 1.165) is 55.0 Å². The maximum Gasteiger partial charge on any atom is 0.252 e. The molecule has 0 bridgehead atoms. The smallest absolute Gasteiger partial charge is 0.252 e. The van der Waals surface area contributed by atoms with E-state index in [1.54, 1.807) is 0 Å². The first-order valence-electron chi connectivity index (χ1n) is 7.93. The van der Waals surface area contributed by atoms with Gasteiger partial charge in [0.2, 0.25) is 0 Å². The van der Waals surface area contributed by atoms with Crippen LogP contribution in [0.25, 0.3) is 11.0 Å². The van der Waals surface area contributed by atoms with Gasteiger partial charge in [-0.2, -0.15) is 0 Å². The van der Waals surface area contributed by atoms with Gasteiger partial charge in [-0.15, -0.1) is 0 Å². The molecule has 0 radical (unpaired) electrons. The van der Waals surface area contributed by atoms with Crippen LogP contribution in [0.4, 0.5) is 0 Å². The molecule has 4 nitrogen and oxygen atoms in total. The van der Waals surface area contributed by atoms with Crippen molar-refractivity contribution in [2.75, 3.05) is 13.1 Å². The number of hydrogen-bond acceptors (Lipinski definition) is 3. The molecular weight excluding hydrogens is 262 g/mol. The van der Waals surface area contributed by atoms with Gasteiger partial charge in [-0.1, -0.05) is 6.92 Å². The highest BCUT2D eigenvalue weighted by atomic mass is 16.1. The highest BCUT2D eigenvalue weighted by Gasteiger charge is 2.26. The fourth-order valence-corrected chi connectivity index (χ4v) is 3.35. The number of aromatic amines is 1. The van der Waals surface area contributed by atoms with Crippen molar-refractivity contribution in [1.82, 2.24) is 14.9 Å². The average Bonchev–Trinajstić information content (AvgIpc) is 3.22. The highest BCUT2D eigenvalue weighted by Crippen LogP contribution is 2.38. The van der Waals surface area contributed by atoms with Crippen LogP contribution in [-0.4, -0.2) is 28.0 Å². The van der Waals surface area contributed by atoms with Gasteiger partial charge in [0, 0.05) is 24.8 Å². The van der Waals surface area contributed by atoms with Crippen molar-refractivity contribution >= 4 is 11.0 Å². The number of hydrogen-bond donors (Lipinski definition) is 1. The van der Waals surface area contributed by atoms with Crippen LogP contribution < -0.4 is 5.56 Å². The van der Waals surface area contributed by atoms with Crippen molar-refractivity contribution in [2.24, 2.45) is 5.92 Å². The van der Waals surface area contributed by atoms with Gasteiger partial charge in [0.25, 0.3) is 5.56 Å². The number of aromatic nitrogens is 2. The predicted molar refractivity (Wildman–Crippen MR) is 83.4 cm³/mol. The third kappa shape index (κ3) is 2.60. The van der Waals surface area contributed by atoms with E-state index >= 15 is 0 Å². The largest absolute Gasteiger partial charge is 0.320 e. The maximum atomic E-state index is 12.1. The van der Waals surface area contributed by atoms with E-state index in [1.807, 2.05) is 12.3 Å². The van der Waals surface area contributed by atoms with Crippen molar-refractivity contribution in [3.05, 3.63) is 39.8 Å². The van der Waals surface area contributed by atoms with E-state index in [-0.39, 0.29) is 5.56 Å². The minimum absolute atomic E-state index is 0.0683. The fourth-order valence-electron chi connectivity index (χ4n) is 3.35. The zero-order chi connectivity index (χ0) is 14.4. The zero-order valence-electron chi connectivity index (χ0n) is 12.4. The Hall–Kier alpha value is -1.68. The molecule has 4 heteroatoms. The number of fused-ring (bicyclic) bond motifs is 1. The maximum absolute atomic E-state index is 12.1. The fraction of sp³-hybridized carbons (Fsp3) is 0.529. The Kier molecular flexibility index (Phi) is 3.07. The lowest BCUT2D eigenvalue weighted by Gasteiger charge is -2.15. The third-order valence-electron chi connectivity index (χ3n) is 4.71. The molecule has 0 amide bonds. The van der Waals surface area contributed by atoms with Crippen LogP contribution in [0, 0.1) is 5.92 Å². The van der Waals surface area contributed by atoms with Gasteiger partial charge in [-0.3, -0.25) is 14.7 Å². The average molecular weight is 283 g/mol. The summed E-state index contributed by atoms with van der Waals surface area (Å²) in [4.78, 5) is 22.2. The van der Waals surface area contributed by atoms with Crippen LogP contribution >= 0.6 is 0 Å². The molecule has 0 spiro atoms. The first-order valence-corrected chi connectivity index (χ1v) is 7.93. The molecule has 1 aliphatic heterocycles. The number of pyridine rings is 2. The summed E-state index contributed by atoms with van der Waals surface area (Å²) in [5.41, 5.74) is 3.95. The molecule has 1 saturated heterocycles. The van der Waals surface area contributed by atoms with Crippen LogP contribution in [-0.2, 0) is 6.54 Å². The van der Waals surface area contributed by atoms with Gasteiger partial charge in [0.05, 0.1) is 11.0 Å². The van der Waals surface area contributed by atoms with Gasteiger partial charge in [-0.05, 0) is 55.3 Å². The summed E-state index contributed by atoms with van der Waals surface area (Å²) in [6.45, 7) is 5.56. The summed E-state index contributed by atoms with van der Waals surface area (Å²) in [6.07, 6.45) is 5.52. The first kappa shape index (κ1) is 13.0. The molecule has 2 aromatic heterocycles. The molecule has 1 atom stereocenters. The van der Waals surface area contributed by atoms with Crippen molar-refractivity contribution < 1.29 is 0 Å². The summed E-state index contributed by atoms with van der Waals surface area (Å²) in [6, 6.07) is 4.07. The number of H-pyrrole nitrogens is 1. The Bertz CT molecular complexity index is 732. The minimum atomic E-state index is 0.0683. The SMILES string of the molecule is C[C@@H]1CCN(Cc2cnc3cc(C4CC4)c(=O)[nH]c3c2)C1. The van der Waals surface area contributed by atoms with E-state index < -0.39 is 0 Å². The van der Waals surface area contributed by atoms with E-state index in [0.29, 0.717) is 5.92 Å². The quantitative estimate of drug-likeness (QED) is 0.942. The Balaban J connectivity index is 1.63. The van der Waals surface area contributed by atoms with Crippen LogP contribution in [0.2, 0.25) is 0 Å². The molecule has 3 heterocycles. The normalized spacial score (nSPS) is 23.0. The molecular formula is C17H21N3O. The number of rotatable bonds is 3. The van der Waals surface area contributed by atoms with Crippen LogP contribution in [0.3, 0.4) is 0 Å². The molecule has 2 fully saturated rings. The molecule has 21 heavy (non-hydrogen) atoms. The molecule has 1 saturated carbocycles. The second kappa shape index (κ2) is 4.95. The summed E-state index contributed by atoms with van der Waals surface area (Å²) in [7, 11) is 0. The topological polar surface area (TPSA) is 49.0 Å². The van der Waals surface area contributed by atoms with Crippen molar-refractivity contribution in [3.63, 3.8) is 0 Å². The van der Waals surface area contributed by atoms with Crippen molar-refractivity contribution in [3.8, 4) is 0 Å². The molecule has 0 aromatic carbocycles. The number of nitrogens with zero attached hydrogens (tertiary/aromatic N) is 2. The van der Waals surface area contributed by atoms with Crippen molar-refractivity contribution in [2.45, 2.75) is 38.6 Å². The standard InChI is InChI=1S/C17H21N3O/c1-11-4-5-20(9-11)10-12-6-16-15(18-8-12)7-14(13-2-3-13)17(21)19-16/h6-8,11,13H,2-5,9-10H2,1H3,(H,19,21)/t11-/m1/s1. The molecule has 1 aliphatic carbocycles. The Morgan fingerprint density at radius 3 is 2.90 bits per heavy atom. The van der Waals surface area contributed by atoms with E-state index in [4.69, 9.17) is 0 Å².